The van der Waals surface area contributed by atoms with E-state index < -0.39 is 11.8 Å². The van der Waals surface area contributed by atoms with Crippen molar-refractivity contribution in [1.82, 2.24) is 0 Å². The molecule has 0 aliphatic heterocycles. The number of aliphatic carboxylic acids is 1. The minimum atomic E-state index is -1.14. The molecule has 0 saturated heterocycles. The van der Waals surface area contributed by atoms with Gasteiger partial charge in [0.05, 0.1) is 0 Å². The number of hydrogen-bond acceptors (Lipinski definition) is 2. The van der Waals surface area contributed by atoms with Crippen LogP contribution in [-0.2, 0) is 9.59 Å². The molecular formula is C13H14FNO3. The van der Waals surface area contributed by atoms with Crippen molar-refractivity contribution in [1.29, 1.82) is 0 Å². The van der Waals surface area contributed by atoms with Gasteiger partial charge >= 0.3 is 5.97 Å². The predicted octanol–water partition coefficient (Wildman–Crippen LogP) is 2.66. The summed E-state index contributed by atoms with van der Waals surface area (Å²) in [7, 11) is 0. The van der Waals surface area contributed by atoms with Gasteiger partial charge in [0.1, 0.15) is 5.82 Å². The summed E-state index contributed by atoms with van der Waals surface area (Å²) in [6, 6.07) is 4.10. The normalized spacial score (nSPS) is 10.6. The second-order valence-electron chi connectivity index (χ2n) is 3.71. The fourth-order valence-corrected chi connectivity index (χ4v) is 1.35. The van der Waals surface area contributed by atoms with Crippen LogP contribution in [0.3, 0.4) is 0 Å². The van der Waals surface area contributed by atoms with E-state index in [2.05, 4.69) is 5.32 Å². The van der Waals surface area contributed by atoms with Crippen molar-refractivity contribution in [2.75, 3.05) is 5.32 Å². The van der Waals surface area contributed by atoms with E-state index >= 15 is 0 Å². The molecule has 18 heavy (non-hydrogen) atoms. The highest BCUT2D eigenvalue weighted by Gasteiger charge is 2.04. The minimum absolute atomic E-state index is 0.158. The number of nitrogens with one attached hydrogen (secondary N) is 1. The summed E-state index contributed by atoms with van der Waals surface area (Å²) in [5.74, 6) is -1.90. The lowest BCUT2D eigenvalue weighted by Crippen LogP contribution is -2.10. The number of rotatable bonds is 5. The molecule has 0 heterocycles. The summed E-state index contributed by atoms with van der Waals surface area (Å²) < 4.78 is 13.5. The van der Waals surface area contributed by atoms with E-state index in [-0.39, 0.29) is 11.5 Å². The Labute approximate surface area is 104 Å². The number of hydrogen-bond donors (Lipinski definition) is 2. The van der Waals surface area contributed by atoms with Gasteiger partial charge < -0.3 is 10.4 Å². The van der Waals surface area contributed by atoms with Gasteiger partial charge in [0.25, 0.3) is 0 Å². The van der Waals surface area contributed by atoms with Crippen LogP contribution in [0.1, 0.15) is 25.3 Å². The smallest absolute Gasteiger partial charge is 0.328 e. The number of carboxylic acids is 1. The first-order valence-corrected chi connectivity index (χ1v) is 5.53. The largest absolute Gasteiger partial charge is 0.478 e. The standard InChI is InChI=1S/C13H14FNO3/c1-2-3-12(16)15-10-6-4-9(11(14)8-10)5-7-13(17)18/h4-8H,2-3H2,1H3,(H,15,16)(H,17,18)/b7-5+. The third-order valence-electron chi connectivity index (χ3n) is 2.17. The summed E-state index contributed by atoms with van der Waals surface area (Å²) in [5, 5.41) is 11.0. The molecule has 1 aromatic rings. The molecule has 0 atom stereocenters. The molecule has 0 unspecified atom stereocenters. The maximum atomic E-state index is 13.5. The Bertz CT molecular complexity index is 483. The first kappa shape index (κ1) is 13.9. The number of benzene rings is 1. The fraction of sp³-hybridized carbons (Fsp3) is 0.231. The maximum Gasteiger partial charge on any atom is 0.328 e. The molecule has 1 aromatic carbocycles. The molecule has 0 saturated carbocycles. The molecule has 2 N–H and O–H groups in total. The van der Waals surface area contributed by atoms with Crippen LogP contribution in [0, 0.1) is 5.82 Å². The number of amides is 1. The second kappa shape index (κ2) is 6.54. The van der Waals surface area contributed by atoms with Gasteiger partial charge in [-0.25, -0.2) is 9.18 Å². The lowest BCUT2D eigenvalue weighted by molar-refractivity contribution is -0.131. The number of halogens is 1. The Morgan fingerprint density at radius 1 is 1.44 bits per heavy atom. The van der Waals surface area contributed by atoms with Crippen LogP contribution in [0.25, 0.3) is 6.08 Å². The van der Waals surface area contributed by atoms with Crippen LogP contribution < -0.4 is 5.32 Å². The molecule has 0 bridgehead atoms. The van der Waals surface area contributed by atoms with Crippen LogP contribution in [0.4, 0.5) is 10.1 Å². The fourth-order valence-electron chi connectivity index (χ4n) is 1.35. The first-order valence-electron chi connectivity index (χ1n) is 5.53. The third-order valence-corrected chi connectivity index (χ3v) is 2.17. The Kier molecular flexibility index (Phi) is 5.05. The first-order chi connectivity index (χ1) is 8.52. The van der Waals surface area contributed by atoms with E-state index in [0.29, 0.717) is 18.5 Å². The van der Waals surface area contributed by atoms with E-state index in [0.717, 1.165) is 18.2 Å². The zero-order chi connectivity index (χ0) is 13.5. The average molecular weight is 251 g/mol. The molecule has 4 nitrogen and oxygen atoms in total. The zero-order valence-corrected chi connectivity index (χ0v) is 9.94. The molecular weight excluding hydrogens is 237 g/mol. The van der Waals surface area contributed by atoms with Crippen molar-refractivity contribution in [3.8, 4) is 0 Å². The summed E-state index contributed by atoms with van der Waals surface area (Å²) in [6.07, 6.45) is 3.11. The van der Waals surface area contributed by atoms with Crippen molar-refractivity contribution in [2.45, 2.75) is 19.8 Å². The molecule has 0 fully saturated rings. The molecule has 0 aromatic heterocycles. The number of carbonyl (C=O) groups is 2. The number of carbonyl (C=O) groups excluding carboxylic acids is 1. The Balaban J connectivity index is 2.79. The number of anilines is 1. The average Bonchev–Trinajstić information content (AvgIpc) is 2.28. The maximum absolute atomic E-state index is 13.5. The molecule has 1 rings (SSSR count). The zero-order valence-electron chi connectivity index (χ0n) is 9.94. The monoisotopic (exact) mass is 251 g/mol. The Hall–Kier alpha value is -2.17. The Morgan fingerprint density at radius 2 is 2.17 bits per heavy atom. The van der Waals surface area contributed by atoms with E-state index in [4.69, 9.17) is 5.11 Å². The van der Waals surface area contributed by atoms with Crippen LogP contribution >= 0.6 is 0 Å². The molecule has 0 aliphatic carbocycles. The second-order valence-corrected chi connectivity index (χ2v) is 3.71. The highest BCUT2D eigenvalue weighted by molar-refractivity contribution is 5.91. The van der Waals surface area contributed by atoms with E-state index in [1.807, 2.05) is 6.92 Å². The van der Waals surface area contributed by atoms with Gasteiger partial charge in [-0.15, -0.1) is 0 Å². The van der Waals surface area contributed by atoms with E-state index in [9.17, 15) is 14.0 Å². The molecule has 0 aliphatic rings. The molecule has 5 heteroatoms. The van der Waals surface area contributed by atoms with E-state index in [1.165, 1.54) is 12.1 Å². The predicted molar refractivity (Wildman–Crippen MR) is 66.6 cm³/mol. The van der Waals surface area contributed by atoms with Crippen LogP contribution in [0.15, 0.2) is 24.3 Å². The van der Waals surface area contributed by atoms with Gasteiger partial charge in [-0.2, -0.15) is 0 Å². The van der Waals surface area contributed by atoms with Crippen molar-refractivity contribution in [3.63, 3.8) is 0 Å². The molecule has 0 radical (unpaired) electrons. The summed E-state index contributed by atoms with van der Waals surface area (Å²) in [5.41, 5.74) is 0.518. The van der Waals surface area contributed by atoms with Gasteiger partial charge in [-0.3, -0.25) is 4.79 Å². The summed E-state index contributed by atoms with van der Waals surface area (Å²) in [6.45, 7) is 1.87. The molecule has 1 amide bonds. The van der Waals surface area contributed by atoms with Crippen molar-refractivity contribution >= 4 is 23.6 Å². The summed E-state index contributed by atoms with van der Waals surface area (Å²) >= 11 is 0. The van der Waals surface area contributed by atoms with Gasteiger partial charge in [0, 0.05) is 23.7 Å². The van der Waals surface area contributed by atoms with Crippen molar-refractivity contribution in [2.24, 2.45) is 0 Å². The van der Waals surface area contributed by atoms with Gasteiger partial charge in [-0.1, -0.05) is 6.92 Å². The topological polar surface area (TPSA) is 66.4 Å². The number of carboxylic acid groups (broad SMARTS) is 1. The third kappa shape index (κ3) is 4.37. The lowest BCUT2D eigenvalue weighted by Gasteiger charge is -2.05. The highest BCUT2D eigenvalue weighted by Crippen LogP contribution is 2.16. The van der Waals surface area contributed by atoms with Crippen LogP contribution in [0.5, 0.6) is 0 Å². The van der Waals surface area contributed by atoms with Gasteiger partial charge in [0.15, 0.2) is 0 Å². The van der Waals surface area contributed by atoms with Crippen LogP contribution in [0.2, 0.25) is 0 Å². The van der Waals surface area contributed by atoms with Crippen LogP contribution in [-0.4, -0.2) is 17.0 Å². The van der Waals surface area contributed by atoms with Gasteiger partial charge in [-0.05, 0) is 30.7 Å². The van der Waals surface area contributed by atoms with Gasteiger partial charge in [0.2, 0.25) is 5.91 Å². The van der Waals surface area contributed by atoms with E-state index in [1.54, 1.807) is 0 Å². The quantitative estimate of drug-likeness (QED) is 0.790. The SMILES string of the molecule is CCCC(=O)Nc1ccc(/C=C/C(=O)O)c(F)c1. The van der Waals surface area contributed by atoms with Crippen molar-refractivity contribution < 1.29 is 19.1 Å². The minimum Gasteiger partial charge on any atom is -0.478 e. The molecule has 0 spiro atoms. The molecule has 96 valence electrons. The summed E-state index contributed by atoms with van der Waals surface area (Å²) in [4.78, 5) is 21.6. The lowest BCUT2D eigenvalue weighted by atomic mass is 10.1. The van der Waals surface area contributed by atoms with Crippen molar-refractivity contribution in [3.05, 3.63) is 35.7 Å². The Morgan fingerprint density at radius 3 is 2.72 bits per heavy atom. The highest BCUT2D eigenvalue weighted by atomic mass is 19.1.